The van der Waals surface area contributed by atoms with Gasteiger partial charge in [-0.2, -0.15) is 0 Å². The Morgan fingerprint density at radius 3 is 1.96 bits per heavy atom. The summed E-state index contributed by atoms with van der Waals surface area (Å²) >= 11 is 0. The van der Waals surface area contributed by atoms with Crippen LogP contribution in [0.5, 0.6) is 0 Å². The van der Waals surface area contributed by atoms with E-state index in [0.29, 0.717) is 25.9 Å². The van der Waals surface area contributed by atoms with Crippen LogP contribution in [0.15, 0.2) is 0 Å². The van der Waals surface area contributed by atoms with Crippen LogP contribution < -0.4 is 0 Å². The largest absolute Gasteiger partial charge is 0.444 e. The summed E-state index contributed by atoms with van der Waals surface area (Å²) in [6.07, 6.45) is 4.64. The van der Waals surface area contributed by atoms with Gasteiger partial charge < -0.3 is 14.5 Å². The van der Waals surface area contributed by atoms with Gasteiger partial charge in [0.25, 0.3) is 0 Å². The summed E-state index contributed by atoms with van der Waals surface area (Å²) in [6, 6.07) is 0. The molecule has 0 aromatic carbocycles. The van der Waals surface area contributed by atoms with Crippen molar-refractivity contribution in [1.29, 1.82) is 0 Å². The highest BCUT2D eigenvalue weighted by Gasteiger charge is 2.48. The molecule has 0 saturated carbocycles. The number of likely N-dealkylation sites (N-methyl/N-ethyl adjacent to an activating group) is 1. The van der Waals surface area contributed by atoms with E-state index in [-0.39, 0.29) is 12.0 Å². The minimum Gasteiger partial charge on any atom is -0.444 e. The van der Waals surface area contributed by atoms with Gasteiger partial charge >= 0.3 is 6.09 Å². The molecule has 0 spiro atoms. The maximum atomic E-state index is 13.0. The minimum atomic E-state index is -0.488. The summed E-state index contributed by atoms with van der Waals surface area (Å²) in [4.78, 5) is 31.1. The van der Waals surface area contributed by atoms with Crippen molar-refractivity contribution in [1.82, 2.24) is 14.7 Å². The average Bonchev–Trinajstić information content (AvgIpc) is 2.53. The Hall–Kier alpha value is -1.30. The summed E-state index contributed by atoms with van der Waals surface area (Å²) in [5, 5.41) is 0. The first-order valence-corrected chi connectivity index (χ1v) is 9.10. The molecule has 2 rings (SSSR count). The maximum Gasteiger partial charge on any atom is 0.410 e. The number of hydrogen-bond donors (Lipinski definition) is 0. The topological polar surface area (TPSA) is 53.1 Å². The van der Waals surface area contributed by atoms with Crippen LogP contribution in [0.1, 0.15) is 52.9 Å². The number of likely N-dealkylation sites (tertiary alicyclic amines) is 2. The second kappa shape index (κ2) is 7.30. The summed E-state index contributed by atoms with van der Waals surface area (Å²) in [7, 11) is 3.66. The van der Waals surface area contributed by atoms with Crippen molar-refractivity contribution >= 4 is 12.0 Å². The number of rotatable bonds is 2. The van der Waals surface area contributed by atoms with Gasteiger partial charge in [-0.3, -0.25) is 9.69 Å². The van der Waals surface area contributed by atoms with E-state index in [4.69, 9.17) is 4.74 Å². The lowest BCUT2D eigenvalue weighted by Crippen LogP contribution is -2.64. The highest BCUT2D eigenvalue weighted by Crippen LogP contribution is 2.33. The van der Waals surface area contributed by atoms with Gasteiger partial charge in [-0.25, -0.2) is 4.79 Å². The third-order valence-corrected chi connectivity index (χ3v) is 5.01. The van der Waals surface area contributed by atoms with Gasteiger partial charge in [0, 0.05) is 27.2 Å². The van der Waals surface area contributed by atoms with E-state index in [1.165, 1.54) is 6.42 Å². The lowest BCUT2D eigenvalue weighted by atomic mass is 9.83. The van der Waals surface area contributed by atoms with Gasteiger partial charge in [-0.15, -0.1) is 0 Å². The first-order valence-electron chi connectivity index (χ1n) is 9.10. The number of carbonyl (C=O) groups excluding carboxylic acids is 2. The number of carbonyl (C=O) groups is 2. The molecule has 24 heavy (non-hydrogen) atoms. The molecular weight excluding hydrogens is 306 g/mol. The number of ether oxygens (including phenoxy) is 1. The molecule has 2 aliphatic rings. The zero-order valence-electron chi connectivity index (χ0n) is 15.9. The second-order valence-electron chi connectivity index (χ2n) is 8.25. The van der Waals surface area contributed by atoms with Crippen LogP contribution >= 0.6 is 0 Å². The van der Waals surface area contributed by atoms with Crippen LogP contribution in [-0.4, -0.2) is 78.1 Å². The van der Waals surface area contributed by atoms with E-state index in [2.05, 4.69) is 4.90 Å². The van der Waals surface area contributed by atoms with Crippen LogP contribution in [0.4, 0.5) is 4.79 Å². The second-order valence-corrected chi connectivity index (χ2v) is 8.25. The molecule has 2 amide bonds. The Balaban J connectivity index is 2.09. The van der Waals surface area contributed by atoms with Crippen LogP contribution in [0, 0.1) is 0 Å². The fourth-order valence-corrected chi connectivity index (χ4v) is 3.79. The van der Waals surface area contributed by atoms with Crippen LogP contribution in [0.3, 0.4) is 0 Å². The van der Waals surface area contributed by atoms with Crippen molar-refractivity contribution in [2.45, 2.75) is 64.0 Å². The summed E-state index contributed by atoms with van der Waals surface area (Å²) in [5.74, 6) is 0.174. The lowest BCUT2D eigenvalue weighted by molar-refractivity contribution is -0.147. The number of piperidine rings is 2. The first kappa shape index (κ1) is 19.0. The minimum absolute atomic E-state index is 0.174. The Bertz CT molecular complexity index is 457. The Labute approximate surface area is 146 Å². The van der Waals surface area contributed by atoms with E-state index in [0.717, 1.165) is 25.9 Å². The van der Waals surface area contributed by atoms with Crippen molar-refractivity contribution in [2.75, 3.05) is 40.3 Å². The SMILES string of the molecule is CN(C)C(=O)C1(N2CCCCC2)CCN(C(=O)OC(C)(C)C)CC1. The maximum absolute atomic E-state index is 13.0. The molecule has 0 radical (unpaired) electrons. The average molecular weight is 339 g/mol. The Morgan fingerprint density at radius 1 is 0.958 bits per heavy atom. The Morgan fingerprint density at radius 2 is 1.50 bits per heavy atom. The zero-order valence-corrected chi connectivity index (χ0v) is 15.9. The quantitative estimate of drug-likeness (QED) is 0.775. The molecule has 138 valence electrons. The predicted molar refractivity (Wildman–Crippen MR) is 93.9 cm³/mol. The molecule has 0 aromatic rings. The van der Waals surface area contributed by atoms with E-state index in [9.17, 15) is 9.59 Å². The highest BCUT2D eigenvalue weighted by atomic mass is 16.6. The van der Waals surface area contributed by atoms with Crippen LogP contribution in [0.2, 0.25) is 0 Å². The fraction of sp³-hybridized carbons (Fsp3) is 0.889. The van der Waals surface area contributed by atoms with E-state index < -0.39 is 11.1 Å². The van der Waals surface area contributed by atoms with Crippen LogP contribution in [0.25, 0.3) is 0 Å². The van der Waals surface area contributed by atoms with Gasteiger partial charge in [-0.05, 0) is 59.5 Å². The molecule has 0 unspecified atom stereocenters. The molecule has 6 nitrogen and oxygen atoms in total. The van der Waals surface area contributed by atoms with Crippen molar-refractivity contribution in [3.8, 4) is 0 Å². The van der Waals surface area contributed by atoms with Gasteiger partial charge in [0.05, 0.1) is 0 Å². The standard InChI is InChI=1S/C18H33N3O3/c1-17(2,3)24-16(23)20-13-9-18(10-14-20,15(22)19(4)5)21-11-7-6-8-12-21/h6-14H2,1-5H3. The molecule has 0 N–H and O–H groups in total. The molecule has 6 heteroatoms. The van der Waals surface area contributed by atoms with Gasteiger partial charge in [0.15, 0.2) is 0 Å². The first-order chi connectivity index (χ1) is 11.2. The molecular formula is C18H33N3O3. The Kier molecular flexibility index (Phi) is 5.78. The molecule has 0 bridgehead atoms. The van der Waals surface area contributed by atoms with Gasteiger partial charge in [0.2, 0.25) is 5.91 Å². The monoisotopic (exact) mass is 339 g/mol. The van der Waals surface area contributed by atoms with E-state index >= 15 is 0 Å². The molecule has 2 aliphatic heterocycles. The van der Waals surface area contributed by atoms with Crippen molar-refractivity contribution in [3.63, 3.8) is 0 Å². The van der Waals surface area contributed by atoms with Gasteiger partial charge in [0.1, 0.15) is 11.1 Å². The van der Waals surface area contributed by atoms with E-state index in [1.54, 1.807) is 9.80 Å². The third kappa shape index (κ3) is 4.21. The highest BCUT2D eigenvalue weighted by molar-refractivity contribution is 5.86. The lowest BCUT2D eigenvalue weighted by Gasteiger charge is -2.49. The zero-order chi connectivity index (χ0) is 18.0. The number of nitrogens with zero attached hydrogens (tertiary/aromatic N) is 3. The van der Waals surface area contributed by atoms with Crippen molar-refractivity contribution in [3.05, 3.63) is 0 Å². The molecule has 2 saturated heterocycles. The van der Waals surface area contributed by atoms with Crippen molar-refractivity contribution < 1.29 is 14.3 Å². The molecule has 2 heterocycles. The fourth-order valence-electron chi connectivity index (χ4n) is 3.79. The molecule has 2 fully saturated rings. The summed E-state index contributed by atoms with van der Waals surface area (Å²) in [5.41, 5.74) is -0.944. The summed E-state index contributed by atoms with van der Waals surface area (Å²) in [6.45, 7) is 8.74. The van der Waals surface area contributed by atoms with E-state index in [1.807, 2.05) is 34.9 Å². The summed E-state index contributed by atoms with van der Waals surface area (Å²) < 4.78 is 5.48. The molecule has 0 atom stereocenters. The molecule has 0 aliphatic carbocycles. The normalized spacial score (nSPS) is 22.1. The smallest absolute Gasteiger partial charge is 0.410 e. The van der Waals surface area contributed by atoms with Gasteiger partial charge in [-0.1, -0.05) is 6.42 Å². The predicted octanol–water partition coefficient (Wildman–Crippen LogP) is 2.33. The van der Waals surface area contributed by atoms with Crippen molar-refractivity contribution in [2.24, 2.45) is 0 Å². The molecule has 0 aromatic heterocycles. The third-order valence-electron chi connectivity index (χ3n) is 5.01. The van der Waals surface area contributed by atoms with Crippen LogP contribution in [-0.2, 0) is 9.53 Å². The number of amides is 2. The number of hydrogen-bond acceptors (Lipinski definition) is 4.